The lowest BCUT2D eigenvalue weighted by atomic mass is 9.74. The van der Waals surface area contributed by atoms with E-state index in [4.69, 9.17) is 4.84 Å². The van der Waals surface area contributed by atoms with Gasteiger partial charge in [0.2, 0.25) is 0 Å². The minimum absolute atomic E-state index is 0.252. The lowest BCUT2D eigenvalue weighted by molar-refractivity contribution is -0.0126. The van der Waals surface area contributed by atoms with E-state index in [2.05, 4.69) is 53.3 Å². The molecule has 2 nitrogen and oxygen atoms in total. The number of nitrogens with one attached hydrogen (secondary N) is 1. The van der Waals surface area contributed by atoms with Crippen LogP contribution in [0.15, 0.2) is 13.2 Å². The Kier molecular flexibility index (Phi) is 8.98. The highest BCUT2D eigenvalue weighted by Crippen LogP contribution is 2.35. The summed E-state index contributed by atoms with van der Waals surface area (Å²) in [5.41, 5.74) is 3.40. The van der Waals surface area contributed by atoms with E-state index < -0.39 is 0 Å². The molecule has 0 saturated heterocycles. The zero-order valence-electron chi connectivity index (χ0n) is 11.4. The first-order chi connectivity index (χ1) is 6.83. The fraction of sp³-hybridized carbons (Fsp3) is 0.846. The van der Waals surface area contributed by atoms with Gasteiger partial charge >= 0.3 is 0 Å². The molecule has 0 aromatic carbocycles. The van der Waals surface area contributed by atoms with Crippen LogP contribution in [0.1, 0.15) is 47.5 Å². The smallest absolute Gasteiger partial charge is 0.0733 e. The van der Waals surface area contributed by atoms with Gasteiger partial charge in [0.25, 0.3) is 0 Å². The molecule has 0 spiro atoms. The molecule has 0 aromatic heterocycles. The van der Waals surface area contributed by atoms with Gasteiger partial charge in [-0.2, -0.15) is 0 Å². The molecule has 0 aromatic rings. The third kappa shape index (κ3) is 9.95. The van der Waals surface area contributed by atoms with Crippen molar-refractivity contribution in [3.05, 3.63) is 13.2 Å². The Morgan fingerprint density at radius 3 is 1.87 bits per heavy atom. The van der Waals surface area contributed by atoms with Crippen molar-refractivity contribution in [1.29, 1.82) is 0 Å². The molecule has 0 rings (SSSR count). The van der Waals surface area contributed by atoms with Gasteiger partial charge in [-0.25, -0.2) is 5.48 Å². The predicted octanol–water partition coefficient (Wildman–Crippen LogP) is 3.79. The maximum atomic E-state index is 5.24. The zero-order valence-corrected chi connectivity index (χ0v) is 11.4. The molecule has 0 amide bonds. The van der Waals surface area contributed by atoms with E-state index in [1.807, 2.05) is 0 Å². The summed E-state index contributed by atoms with van der Waals surface area (Å²) in [7, 11) is 1.81. The molecule has 1 N–H and O–H groups in total. The van der Waals surface area contributed by atoms with Gasteiger partial charge in [0.15, 0.2) is 0 Å². The highest BCUT2D eigenvalue weighted by atomic mass is 16.6. The third-order valence-electron chi connectivity index (χ3n) is 2.52. The number of hydrogen-bond acceptors (Lipinski definition) is 2. The third-order valence-corrected chi connectivity index (χ3v) is 2.52. The Morgan fingerprint density at radius 1 is 1.07 bits per heavy atom. The minimum Gasteiger partial charge on any atom is -0.302 e. The van der Waals surface area contributed by atoms with Crippen molar-refractivity contribution in [2.45, 2.75) is 47.5 Å². The topological polar surface area (TPSA) is 21.3 Å². The molecule has 0 heterocycles. The highest BCUT2D eigenvalue weighted by Gasteiger charge is 2.27. The Hall–Kier alpha value is -0.340. The van der Waals surface area contributed by atoms with Crippen LogP contribution in [-0.2, 0) is 4.84 Å². The fourth-order valence-corrected chi connectivity index (χ4v) is 1.74. The van der Waals surface area contributed by atoms with Crippen LogP contribution in [-0.4, -0.2) is 13.7 Å². The molecule has 0 aliphatic heterocycles. The van der Waals surface area contributed by atoms with E-state index in [1.165, 1.54) is 12.8 Å². The summed E-state index contributed by atoms with van der Waals surface area (Å²) in [6.07, 6.45) is 2.41. The molecule has 92 valence electrons. The van der Waals surface area contributed by atoms with Gasteiger partial charge in [-0.1, -0.05) is 41.0 Å². The van der Waals surface area contributed by atoms with Gasteiger partial charge in [-0.15, -0.1) is 13.2 Å². The van der Waals surface area contributed by atoms with Gasteiger partial charge in [-0.05, 0) is 17.3 Å². The average molecular weight is 215 g/mol. The highest BCUT2D eigenvalue weighted by molar-refractivity contribution is 4.77. The Bertz CT molecular complexity index is 153. The molecule has 0 bridgehead atoms. The summed E-state index contributed by atoms with van der Waals surface area (Å²) in [6, 6.07) is 0. The summed E-state index contributed by atoms with van der Waals surface area (Å²) in [6.45, 7) is 18.1. The van der Waals surface area contributed by atoms with E-state index in [0.717, 1.165) is 6.61 Å². The molecule has 0 aliphatic carbocycles. The van der Waals surface area contributed by atoms with Gasteiger partial charge < -0.3 is 4.84 Å². The van der Waals surface area contributed by atoms with Crippen molar-refractivity contribution in [1.82, 2.24) is 5.48 Å². The summed E-state index contributed by atoms with van der Waals surface area (Å²) in [5.74, 6) is 0. The zero-order chi connectivity index (χ0) is 12.5. The normalized spacial score (nSPS) is 11.9. The molecule has 15 heavy (non-hydrogen) atoms. The lowest BCUT2D eigenvalue weighted by Crippen LogP contribution is -2.29. The molecule has 0 atom stereocenters. The SMILES string of the molecule is C=C.CCC(C)(C)CC(C)(C)CONC. The second-order valence-electron chi connectivity index (χ2n) is 5.35. The number of hydrogen-bond donors (Lipinski definition) is 1. The molecular formula is C13H29NO. The van der Waals surface area contributed by atoms with Crippen LogP contribution in [0, 0.1) is 10.8 Å². The van der Waals surface area contributed by atoms with Crippen LogP contribution in [0.5, 0.6) is 0 Å². The number of hydroxylamine groups is 1. The Morgan fingerprint density at radius 2 is 1.53 bits per heavy atom. The van der Waals surface area contributed by atoms with Crippen LogP contribution >= 0.6 is 0 Å². The first-order valence-corrected chi connectivity index (χ1v) is 5.61. The molecule has 0 fully saturated rings. The van der Waals surface area contributed by atoms with Crippen molar-refractivity contribution in [3.63, 3.8) is 0 Å². The van der Waals surface area contributed by atoms with E-state index in [0.29, 0.717) is 5.41 Å². The summed E-state index contributed by atoms with van der Waals surface area (Å²) < 4.78 is 0. The molecule has 0 aliphatic rings. The van der Waals surface area contributed by atoms with Crippen molar-refractivity contribution in [2.75, 3.05) is 13.7 Å². The Balaban J connectivity index is 0. The monoisotopic (exact) mass is 215 g/mol. The van der Waals surface area contributed by atoms with E-state index in [-0.39, 0.29) is 5.41 Å². The van der Waals surface area contributed by atoms with Gasteiger partial charge in [0.1, 0.15) is 0 Å². The predicted molar refractivity (Wildman–Crippen MR) is 68.7 cm³/mol. The van der Waals surface area contributed by atoms with Crippen molar-refractivity contribution in [3.8, 4) is 0 Å². The summed E-state index contributed by atoms with van der Waals surface area (Å²) in [5, 5.41) is 0. The maximum Gasteiger partial charge on any atom is 0.0733 e. The van der Waals surface area contributed by atoms with Gasteiger partial charge in [-0.3, -0.25) is 0 Å². The fourth-order valence-electron chi connectivity index (χ4n) is 1.74. The lowest BCUT2D eigenvalue weighted by Gasteiger charge is -2.33. The van der Waals surface area contributed by atoms with Crippen molar-refractivity contribution >= 4 is 0 Å². The van der Waals surface area contributed by atoms with Crippen molar-refractivity contribution in [2.24, 2.45) is 10.8 Å². The van der Waals surface area contributed by atoms with Crippen LogP contribution in [0.3, 0.4) is 0 Å². The standard InChI is InChI=1S/C11H25NO.C2H4/c1-7-10(2,3)8-11(4,5)9-13-12-6;1-2/h12H,7-9H2,1-6H3;1-2H2. The first-order valence-electron chi connectivity index (χ1n) is 5.61. The molecular weight excluding hydrogens is 186 g/mol. The van der Waals surface area contributed by atoms with E-state index >= 15 is 0 Å². The van der Waals surface area contributed by atoms with Crippen LogP contribution < -0.4 is 5.48 Å². The van der Waals surface area contributed by atoms with Gasteiger partial charge in [0.05, 0.1) is 6.61 Å². The Labute approximate surface area is 96.1 Å². The largest absolute Gasteiger partial charge is 0.302 e. The molecule has 0 saturated carbocycles. The number of rotatable bonds is 6. The second kappa shape index (κ2) is 7.89. The second-order valence-corrected chi connectivity index (χ2v) is 5.35. The van der Waals surface area contributed by atoms with Crippen molar-refractivity contribution < 1.29 is 4.84 Å². The molecule has 0 radical (unpaired) electrons. The first kappa shape index (κ1) is 17.1. The van der Waals surface area contributed by atoms with E-state index in [9.17, 15) is 0 Å². The van der Waals surface area contributed by atoms with Crippen LogP contribution in [0.25, 0.3) is 0 Å². The van der Waals surface area contributed by atoms with E-state index in [1.54, 1.807) is 7.05 Å². The maximum absolute atomic E-state index is 5.24. The van der Waals surface area contributed by atoms with Crippen LogP contribution in [0.4, 0.5) is 0 Å². The minimum atomic E-state index is 0.252. The average Bonchev–Trinajstić information content (AvgIpc) is 2.17. The quantitative estimate of drug-likeness (QED) is 0.537. The summed E-state index contributed by atoms with van der Waals surface area (Å²) in [4.78, 5) is 5.24. The van der Waals surface area contributed by atoms with Gasteiger partial charge in [0, 0.05) is 7.05 Å². The molecule has 0 unspecified atom stereocenters. The van der Waals surface area contributed by atoms with Crippen LogP contribution in [0.2, 0.25) is 0 Å². The summed E-state index contributed by atoms with van der Waals surface area (Å²) >= 11 is 0. The molecule has 2 heteroatoms.